The zero-order chi connectivity index (χ0) is 15.9. The fraction of sp³-hybridized carbons (Fsp3) is 0.235. The van der Waals surface area contributed by atoms with E-state index in [0.717, 1.165) is 24.9 Å². The smallest absolute Gasteiger partial charge is 0.255 e. The lowest BCUT2D eigenvalue weighted by Crippen LogP contribution is -2.12. The van der Waals surface area contributed by atoms with Crippen LogP contribution < -0.4 is 10.8 Å². The average Bonchev–Trinajstić information content (AvgIpc) is 2.54. The molecule has 0 unspecified atom stereocenters. The van der Waals surface area contributed by atoms with Crippen molar-refractivity contribution in [1.82, 2.24) is 0 Å². The summed E-state index contributed by atoms with van der Waals surface area (Å²) in [6, 6.07) is 12.5. The van der Waals surface area contributed by atoms with Crippen LogP contribution in [0.4, 0.5) is 11.4 Å². The standard InChI is InChI=1S/C17H19ClN2O2/c1-2-3-4-12-5-8-14(9-6-12)19-17(21)13-7-10-15(18)16(11-13)20-22/h5-11,20,22H,2-4H2,1H3,(H,19,21). The van der Waals surface area contributed by atoms with Crippen LogP contribution in [0.2, 0.25) is 5.02 Å². The first-order valence-corrected chi connectivity index (χ1v) is 7.61. The minimum atomic E-state index is -0.255. The third-order valence-electron chi connectivity index (χ3n) is 3.38. The predicted molar refractivity (Wildman–Crippen MR) is 89.9 cm³/mol. The van der Waals surface area contributed by atoms with Crippen LogP contribution in [0.3, 0.4) is 0 Å². The van der Waals surface area contributed by atoms with Crippen LogP contribution >= 0.6 is 11.6 Å². The van der Waals surface area contributed by atoms with E-state index >= 15 is 0 Å². The Morgan fingerprint density at radius 1 is 1.18 bits per heavy atom. The van der Waals surface area contributed by atoms with E-state index in [0.29, 0.717) is 16.3 Å². The number of carbonyl (C=O) groups excluding carboxylic acids is 1. The largest absolute Gasteiger partial charge is 0.322 e. The number of rotatable bonds is 6. The molecule has 1 amide bonds. The molecular weight excluding hydrogens is 300 g/mol. The van der Waals surface area contributed by atoms with Gasteiger partial charge in [0.15, 0.2) is 0 Å². The summed E-state index contributed by atoms with van der Waals surface area (Å²) in [4.78, 5) is 12.2. The third-order valence-corrected chi connectivity index (χ3v) is 3.71. The lowest BCUT2D eigenvalue weighted by molar-refractivity contribution is 0.102. The van der Waals surface area contributed by atoms with E-state index < -0.39 is 0 Å². The molecule has 0 aliphatic heterocycles. The Morgan fingerprint density at radius 2 is 1.91 bits per heavy atom. The molecule has 0 saturated heterocycles. The highest BCUT2D eigenvalue weighted by Crippen LogP contribution is 2.23. The number of hydrogen-bond donors (Lipinski definition) is 3. The number of unbranched alkanes of at least 4 members (excludes halogenated alkanes) is 1. The Hall–Kier alpha value is -2.04. The van der Waals surface area contributed by atoms with Crippen molar-refractivity contribution in [1.29, 1.82) is 0 Å². The highest BCUT2D eigenvalue weighted by atomic mass is 35.5. The second-order valence-electron chi connectivity index (χ2n) is 5.06. The number of amides is 1. The van der Waals surface area contributed by atoms with Crippen LogP contribution in [0.15, 0.2) is 42.5 Å². The normalized spacial score (nSPS) is 10.3. The summed E-state index contributed by atoms with van der Waals surface area (Å²) in [7, 11) is 0. The molecular formula is C17H19ClN2O2. The fourth-order valence-electron chi connectivity index (χ4n) is 2.09. The second kappa shape index (κ2) is 7.82. The van der Waals surface area contributed by atoms with Gasteiger partial charge < -0.3 is 5.32 Å². The van der Waals surface area contributed by atoms with Crippen LogP contribution in [-0.4, -0.2) is 11.1 Å². The molecule has 0 spiro atoms. The van der Waals surface area contributed by atoms with Crippen LogP contribution in [-0.2, 0) is 6.42 Å². The van der Waals surface area contributed by atoms with Gasteiger partial charge in [-0.2, -0.15) is 0 Å². The first-order valence-electron chi connectivity index (χ1n) is 7.24. The van der Waals surface area contributed by atoms with Crippen molar-refractivity contribution < 1.29 is 10.0 Å². The minimum Gasteiger partial charge on any atom is -0.322 e. The number of carbonyl (C=O) groups is 1. The Bertz CT molecular complexity index is 642. The summed E-state index contributed by atoms with van der Waals surface area (Å²) in [5.41, 5.74) is 4.68. The van der Waals surface area contributed by atoms with Gasteiger partial charge >= 0.3 is 0 Å². The number of benzene rings is 2. The molecule has 0 atom stereocenters. The minimum absolute atomic E-state index is 0.255. The summed E-state index contributed by atoms with van der Waals surface area (Å²) in [5.74, 6) is -0.255. The highest BCUT2D eigenvalue weighted by Gasteiger charge is 2.09. The van der Waals surface area contributed by atoms with Crippen molar-refractivity contribution in [3.8, 4) is 0 Å². The van der Waals surface area contributed by atoms with Gasteiger partial charge in [0.2, 0.25) is 0 Å². The quantitative estimate of drug-likeness (QED) is 0.674. The Balaban J connectivity index is 2.05. The van der Waals surface area contributed by atoms with Gasteiger partial charge in [-0.3, -0.25) is 15.5 Å². The van der Waals surface area contributed by atoms with Crippen molar-refractivity contribution in [2.24, 2.45) is 0 Å². The monoisotopic (exact) mass is 318 g/mol. The Labute approximate surface area is 135 Å². The Morgan fingerprint density at radius 3 is 2.55 bits per heavy atom. The van der Waals surface area contributed by atoms with Crippen molar-refractivity contribution in [2.45, 2.75) is 26.2 Å². The number of anilines is 2. The number of halogens is 1. The molecule has 5 heteroatoms. The second-order valence-corrected chi connectivity index (χ2v) is 5.47. The molecule has 2 rings (SSSR count). The van der Waals surface area contributed by atoms with Crippen molar-refractivity contribution in [3.05, 3.63) is 58.6 Å². The topological polar surface area (TPSA) is 61.4 Å². The molecule has 4 nitrogen and oxygen atoms in total. The van der Waals surface area contributed by atoms with E-state index in [-0.39, 0.29) is 5.91 Å². The molecule has 0 fully saturated rings. The SMILES string of the molecule is CCCCc1ccc(NC(=O)c2ccc(Cl)c(NO)c2)cc1. The first-order chi connectivity index (χ1) is 10.6. The third kappa shape index (κ3) is 4.23. The van der Waals surface area contributed by atoms with Gasteiger partial charge in [-0.05, 0) is 48.7 Å². The van der Waals surface area contributed by atoms with E-state index in [4.69, 9.17) is 16.8 Å². The molecule has 0 bridgehead atoms. The van der Waals surface area contributed by atoms with Crippen molar-refractivity contribution in [2.75, 3.05) is 10.8 Å². The number of hydrogen-bond acceptors (Lipinski definition) is 3. The van der Waals surface area contributed by atoms with Gasteiger partial charge in [0.1, 0.15) is 0 Å². The van der Waals surface area contributed by atoms with Crippen LogP contribution in [0.1, 0.15) is 35.7 Å². The van der Waals surface area contributed by atoms with Crippen LogP contribution in [0.25, 0.3) is 0 Å². The molecule has 2 aromatic rings. The zero-order valence-corrected chi connectivity index (χ0v) is 13.2. The molecule has 0 aliphatic carbocycles. The molecule has 0 heterocycles. The van der Waals surface area contributed by atoms with Gasteiger partial charge in [0.05, 0.1) is 10.7 Å². The van der Waals surface area contributed by atoms with Crippen molar-refractivity contribution in [3.63, 3.8) is 0 Å². The molecule has 3 N–H and O–H groups in total. The van der Waals surface area contributed by atoms with E-state index in [1.54, 1.807) is 12.1 Å². The van der Waals surface area contributed by atoms with Gasteiger partial charge in [0.25, 0.3) is 5.91 Å². The molecule has 0 aromatic heterocycles. The maximum atomic E-state index is 12.2. The van der Waals surface area contributed by atoms with Crippen LogP contribution in [0.5, 0.6) is 0 Å². The van der Waals surface area contributed by atoms with E-state index in [1.807, 2.05) is 29.7 Å². The molecule has 116 valence electrons. The zero-order valence-electron chi connectivity index (χ0n) is 12.4. The van der Waals surface area contributed by atoms with Gasteiger partial charge in [-0.15, -0.1) is 0 Å². The molecule has 2 aromatic carbocycles. The van der Waals surface area contributed by atoms with Gasteiger partial charge in [0, 0.05) is 11.3 Å². The summed E-state index contributed by atoms with van der Waals surface area (Å²) in [6.45, 7) is 2.16. The maximum Gasteiger partial charge on any atom is 0.255 e. The summed E-state index contributed by atoms with van der Waals surface area (Å²) < 4.78 is 0. The maximum absolute atomic E-state index is 12.2. The number of aryl methyl sites for hydroxylation is 1. The fourth-order valence-corrected chi connectivity index (χ4v) is 2.25. The highest BCUT2D eigenvalue weighted by molar-refractivity contribution is 6.33. The Kier molecular flexibility index (Phi) is 5.81. The van der Waals surface area contributed by atoms with E-state index in [9.17, 15) is 4.79 Å². The van der Waals surface area contributed by atoms with Gasteiger partial charge in [-0.25, -0.2) is 0 Å². The summed E-state index contributed by atoms with van der Waals surface area (Å²) in [6.07, 6.45) is 3.37. The molecule has 0 aliphatic rings. The average molecular weight is 319 g/mol. The predicted octanol–water partition coefficient (Wildman–Crippen LogP) is 4.74. The van der Waals surface area contributed by atoms with E-state index in [2.05, 4.69) is 12.2 Å². The lowest BCUT2D eigenvalue weighted by Gasteiger charge is -2.08. The summed E-state index contributed by atoms with van der Waals surface area (Å²) >= 11 is 5.87. The first kappa shape index (κ1) is 16.3. The number of nitrogens with one attached hydrogen (secondary N) is 2. The van der Waals surface area contributed by atoms with Crippen LogP contribution in [0, 0.1) is 0 Å². The molecule has 0 saturated carbocycles. The molecule has 0 radical (unpaired) electrons. The van der Waals surface area contributed by atoms with Crippen molar-refractivity contribution >= 4 is 28.9 Å². The lowest BCUT2D eigenvalue weighted by atomic mass is 10.1. The van der Waals surface area contributed by atoms with Gasteiger partial charge in [-0.1, -0.05) is 37.1 Å². The van der Waals surface area contributed by atoms with E-state index in [1.165, 1.54) is 11.6 Å². The molecule has 22 heavy (non-hydrogen) atoms. The summed E-state index contributed by atoms with van der Waals surface area (Å²) in [5, 5.41) is 12.1.